The van der Waals surface area contributed by atoms with Crippen LogP contribution in [0.15, 0.2) is 36.4 Å². The Morgan fingerprint density at radius 1 is 1.10 bits per heavy atom. The Labute approximate surface area is 177 Å². The fraction of sp³-hybridized carbons (Fsp3) is 0.333. The molecule has 5 nitrogen and oxygen atoms in total. The molecule has 0 bridgehead atoms. The van der Waals surface area contributed by atoms with Gasteiger partial charge in [0.25, 0.3) is 0 Å². The Hall–Kier alpha value is -2.68. The minimum absolute atomic E-state index is 0.0335. The van der Waals surface area contributed by atoms with Crippen molar-refractivity contribution in [3.05, 3.63) is 53.1 Å². The second-order valence-corrected chi connectivity index (χ2v) is 8.04. The number of anilines is 1. The van der Waals surface area contributed by atoms with Crippen LogP contribution >= 0.6 is 12.6 Å². The zero-order valence-corrected chi connectivity index (χ0v) is 17.5. The maximum atomic E-state index is 13.2. The Balaban J connectivity index is 2.36. The molecule has 2 aromatic carbocycles. The lowest BCUT2D eigenvalue weighted by molar-refractivity contribution is -0.138. The average Bonchev–Trinajstić information content (AvgIpc) is 2.60. The van der Waals surface area contributed by atoms with Gasteiger partial charge in [0.05, 0.1) is 12.0 Å². The molecule has 0 radical (unpaired) electrons. The number of hydrogen-bond donors (Lipinski definition) is 3. The first-order valence-corrected chi connectivity index (χ1v) is 9.59. The molecule has 0 saturated carbocycles. The van der Waals surface area contributed by atoms with Crippen LogP contribution in [0.3, 0.4) is 0 Å². The number of carboxylic acid groups (broad SMARTS) is 1. The van der Waals surface area contributed by atoms with Gasteiger partial charge in [-0.3, -0.25) is 9.59 Å². The second-order valence-electron chi connectivity index (χ2n) is 7.72. The lowest BCUT2D eigenvalue weighted by atomic mass is 9.95. The summed E-state index contributed by atoms with van der Waals surface area (Å²) in [5, 5.41) is 11.7. The summed E-state index contributed by atoms with van der Waals surface area (Å²) in [6.45, 7) is 5.30. The molecule has 1 amide bonds. The van der Waals surface area contributed by atoms with Gasteiger partial charge in [0, 0.05) is 22.4 Å². The molecule has 0 unspecified atom stereocenters. The van der Waals surface area contributed by atoms with Crippen LogP contribution in [-0.2, 0) is 27.9 Å². The van der Waals surface area contributed by atoms with Gasteiger partial charge in [-0.05, 0) is 42.0 Å². The number of halogens is 3. The Morgan fingerprint density at radius 3 is 2.30 bits per heavy atom. The van der Waals surface area contributed by atoms with E-state index in [4.69, 9.17) is 9.84 Å². The van der Waals surface area contributed by atoms with Crippen LogP contribution in [0.4, 0.5) is 18.9 Å². The molecule has 0 fully saturated rings. The van der Waals surface area contributed by atoms with Gasteiger partial charge in [0.15, 0.2) is 0 Å². The number of carboxylic acids is 1. The van der Waals surface area contributed by atoms with Gasteiger partial charge < -0.3 is 15.2 Å². The lowest BCUT2D eigenvalue weighted by Crippen LogP contribution is -2.27. The van der Waals surface area contributed by atoms with Crippen LogP contribution in [0.25, 0.3) is 0 Å². The zero-order valence-electron chi connectivity index (χ0n) is 16.6. The molecule has 2 aromatic rings. The van der Waals surface area contributed by atoms with Crippen molar-refractivity contribution in [3.63, 3.8) is 0 Å². The summed E-state index contributed by atoms with van der Waals surface area (Å²) >= 11 is 4.22. The van der Waals surface area contributed by atoms with E-state index in [0.29, 0.717) is 11.3 Å². The quantitative estimate of drug-likeness (QED) is 0.515. The molecule has 162 valence electrons. The summed E-state index contributed by atoms with van der Waals surface area (Å²) in [5.74, 6) is -1.14. The molecule has 0 spiro atoms. The van der Waals surface area contributed by atoms with Crippen molar-refractivity contribution in [3.8, 4) is 11.5 Å². The highest BCUT2D eigenvalue weighted by atomic mass is 32.1. The van der Waals surface area contributed by atoms with Crippen LogP contribution in [0.1, 0.15) is 37.5 Å². The van der Waals surface area contributed by atoms with Crippen LogP contribution < -0.4 is 10.1 Å². The van der Waals surface area contributed by atoms with Gasteiger partial charge in [-0.25, -0.2) is 0 Å². The summed E-state index contributed by atoms with van der Waals surface area (Å²) in [4.78, 5) is 23.1. The molecule has 30 heavy (non-hydrogen) atoms. The highest BCUT2D eigenvalue weighted by Crippen LogP contribution is 2.36. The minimum Gasteiger partial charge on any atom is -0.481 e. The molecule has 0 aromatic heterocycles. The molecule has 2 N–H and O–H groups in total. The number of rotatable bonds is 6. The molecule has 0 aliphatic rings. The van der Waals surface area contributed by atoms with E-state index < -0.39 is 29.5 Å². The molecule has 0 atom stereocenters. The van der Waals surface area contributed by atoms with Crippen molar-refractivity contribution in [2.75, 3.05) is 5.32 Å². The van der Waals surface area contributed by atoms with Gasteiger partial charge >= 0.3 is 12.1 Å². The van der Waals surface area contributed by atoms with Gasteiger partial charge in [-0.1, -0.05) is 20.8 Å². The van der Waals surface area contributed by atoms with Crippen molar-refractivity contribution in [2.45, 2.75) is 39.1 Å². The number of benzene rings is 2. The number of ether oxygens (including phenoxy) is 1. The molecular formula is C21H22F3NO4S. The van der Waals surface area contributed by atoms with E-state index in [2.05, 4.69) is 17.9 Å². The van der Waals surface area contributed by atoms with E-state index >= 15 is 0 Å². The molecule has 0 heterocycles. The normalized spacial score (nSPS) is 11.8. The fourth-order valence-corrected chi connectivity index (χ4v) is 2.73. The molecule has 0 saturated heterocycles. The van der Waals surface area contributed by atoms with Crippen molar-refractivity contribution in [2.24, 2.45) is 5.41 Å². The number of carbonyl (C=O) groups is 2. The van der Waals surface area contributed by atoms with E-state index in [1.54, 1.807) is 32.9 Å². The molecule has 0 aliphatic heterocycles. The van der Waals surface area contributed by atoms with E-state index in [1.165, 1.54) is 12.1 Å². The van der Waals surface area contributed by atoms with E-state index in [9.17, 15) is 22.8 Å². The first-order valence-electron chi connectivity index (χ1n) is 8.95. The first kappa shape index (κ1) is 23.6. The fourth-order valence-electron chi connectivity index (χ4n) is 2.49. The molecule has 0 aliphatic carbocycles. The van der Waals surface area contributed by atoms with Crippen LogP contribution in [0.5, 0.6) is 11.5 Å². The SMILES string of the molecule is CC(C)(C)C(=O)Nc1ccc(Oc2cc(CC(=O)O)cc(C(F)(F)F)c2)c(CS)c1. The predicted molar refractivity (Wildman–Crippen MR) is 110 cm³/mol. The standard InChI is InChI=1S/C21H22F3NO4S/c1-20(2,3)19(28)25-15-4-5-17(13(9-15)11-30)29-16-7-12(8-18(26)27)6-14(10-16)21(22,23)24/h4-7,9-10,30H,8,11H2,1-3H3,(H,25,28)(H,26,27). The largest absolute Gasteiger partial charge is 0.481 e. The molecule has 9 heteroatoms. The van der Waals surface area contributed by atoms with E-state index in [0.717, 1.165) is 12.1 Å². The van der Waals surface area contributed by atoms with E-state index in [1.807, 2.05) is 0 Å². The third kappa shape index (κ3) is 6.41. The first-order chi connectivity index (χ1) is 13.8. The zero-order chi connectivity index (χ0) is 22.7. The third-order valence-electron chi connectivity index (χ3n) is 4.05. The maximum absolute atomic E-state index is 13.2. The van der Waals surface area contributed by atoms with E-state index in [-0.39, 0.29) is 28.7 Å². The molecular weight excluding hydrogens is 419 g/mol. The Kier molecular flexibility index (Phi) is 7.07. The van der Waals surface area contributed by atoms with Gasteiger partial charge in [0.2, 0.25) is 5.91 Å². The monoisotopic (exact) mass is 441 g/mol. The van der Waals surface area contributed by atoms with Gasteiger partial charge in [-0.15, -0.1) is 0 Å². The lowest BCUT2D eigenvalue weighted by Gasteiger charge is -2.19. The van der Waals surface area contributed by atoms with Crippen molar-refractivity contribution in [1.82, 2.24) is 0 Å². The van der Waals surface area contributed by atoms with Crippen LogP contribution in [0.2, 0.25) is 0 Å². The number of alkyl halides is 3. The van der Waals surface area contributed by atoms with Crippen LogP contribution in [-0.4, -0.2) is 17.0 Å². The van der Waals surface area contributed by atoms with Crippen molar-refractivity contribution in [1.29, 1.82) is 0 Å². The summed E-state index contributed by atoms with van der Waals surface area (Å²) in [7, 11) is 0. The maximum Gasteiger partial charge on any atom is 0.416 e. The highest BCUT2D eigenvalue weighted by Gasteiger charge is 2.31. The number of amides is 1. The number of hydrogen-bond acceptors (Lipinski definition) is 4. The summed E-state index contributed by atoms with van der Waals surface area (Å²) in [5.41, 5.74) is -0.592. The number of carbonyl (C=O) groups excluding carboxylic acids is 1. The third-order valence-corrected chi connectivity index (χ3v) is 4.39. The smallest absolute Gasteiger partial charge is 0.416 e. The number of thiol groups is 1. The second kappa shape index (κ2) is 8.99. The van der Waals surface area contributed by atoms with Crippen molar-refractivity contribution < 1.29 is 32.6 Å². The van der Waals surface area contributed by atoms with Crippen molar-refractivity contribution >= 4 is 30.2 Å². The van der Waals surface area contributed by atoms with Gasteiger partial charge in [0.1, 0.15) is 11.5 Å². The summed E-state index contributed by atoms with van der Waals surface area (Å²) < 4.78 is 45.2. The van der Waals surface area contributed by atoms with Gasteiger partial charge in [-0.2, -0.15) is 25.8 Å². The summed E-state index contributed by atoms with van der Waals surface area (Å²) in [6, 6.07) is 7.55. The minimum atomic E-state index is -4.65. The topological polar surface area (TPSA) is 75.6 Å². The number of nitrogens with one attached hydrogen (secondary N) is 1. The summed E-state index contributed by atoms with van der Waals surface area (Å²) in [6.07, 6.45) is -5.22. The molecule has 2 rings (SSSR count). The highest BCUT2D eigenvalue weighted by molar-refractivity contribution is 7.79. The number of aliphatic carboxylic acids is 1. The van der Waals surface area contributed by atoms with Crippen LogP contribution in [0, 0.1) is 5.41 Å². The predicted octanol–water partition coefficient (Wildman–Crippen LogP) is 5.54. The average molecular weight is 441 g/mol. The Bertz CT molecular complexity index is 952. The Morgan fingerprint density at radius 2 is 1.77 bits per heavy atom.